The SMILES string of the molecule is CNC(C)CNC(=O)c1ccc(F)c(OC)c1.Cl. The second kappa shape index (κ2) is 7.89. The maximum absolute atomic E-state index is 13.1. The second-order valence-electron chi connectivity index (χ2n) is 3.75. The van der Waals surface area contributed by atoms with Crippen molar-refractivity contribution in [2.45, 2.75) is 13.0 Å². The Kier molecular flexibility index (Phi) is 7.31. The molecule has 102 valence electrons. The first kappa shape index (κ1) is 16.7. The fourth-order valence-corrected chi connectivity index (χ4v) is 1.25. The molecule has 0 radical (unpaired) electrons. The van der Waals surface area contributed by atoms with Crippen LogP contribution in [0.2, 0.25) is 0 Å². The lowest BCUT2D eigenvalue weighted by Gasteiger charge is -2.11. The molecule has 0 spiro atoms. The highest BCUT2D eigenvalue weighted by Crippen LogP contribution is 2.17. The van der Waals surface area contributed by atoms with Gasteiger partial charge in [-0.05, 0) is 32.2 Å². The molecule has 1 aromatic rings. The van der Waals surface area contributed by atoms with Gasteiger partial charge in [0.05, 0.1) is 7.11 Å². The Morgan fingerprint density at radius 2 is 2.17 bits per heavy atom. The van der Waals surface area contributed by atoms with Gasteiger partial charge in [-0.3, -0.25) is 4.79 Å². The van der Waals surface area contributed by atoms with E-state index in [-0.39, 0.29) is 30.1 Å². The molecule has 2 N–H and O–H groups in total. The Bertz CT molecular complexity index is 402. The molecule has 0 fully saturated rings. The highest BCUT2D eigenvalue weighted by atomic mass is 35.5. The monoisotopic (exact) mass is 276 g/mol. The van der Waals surface area contributed by atoms with Gasteiger partial charge in [0, 0.05) is 18.2 Å². The minimum Gasteiger partial charge on any atom is -0.494 e. The fraction of sp³-hybridized carbons (Fsp3) is 0.417. The van der Waals surface area contributed by atoms with Crippen LogP contribution in [0.4, 0.5) is 4.39 Å². The zero-order valence-electron chi connectivity index (χ0n) is 10.6. The van der Waals surface area contributed by atoms with Crippen LogP contribution >= 0.6 is 12.4 Å². The number of halogens is 2. The zero-order valence-corrected chi connectivity index (χ0v) is 11.4. The molecule has 1 aromatic carbocycles. The Labute approximate surface area is 112 Å². The van der Waals surface area contributed by atoms with E-state index < -0.39 is 5.82 Å². The lowest BCUT2D eigenvalue weighted by atomic mass is 10.2. The molecule has 1 unspecified atom stereocenters. The molecule has 18 heavy (non-hydrogen) atoms. The van der Waals surface area contributed by atoms with E-state index in [2.05, 4.69) is 10.6 Å². The number of nitrogens with one attached hydrogen (secondary N) is 2. The normalized spacial score (nSPS) is 11.3. The van der Waals surface area contributed by atoms with Crippen LogP contribution in [0.5, 0.6) is 5.75 Å². The van der Waals surface area contributed by atoms with E-state index >= 15 is 0 Å². The van der Waals surface area contributed by atoms with Crippen molar-refractivity contribution in [1.82, 2.24) is 10.6 Å². The summed E-state index contributed by atoms with van der Waals surface area (Å²) in [6.07, 6.45) is 0. The smallest absolute Gasteiger partial charge is 0.251 e. The van der Waals surface area contributed by atoms with Gasteiger partial charge in [-0.25, -0.2) is 4.39 Å². The van der Waals surface area contributed by atoms with Crippen LogP contribution in [0.25, 0.3) is 0 Å². The zero-order chi connectivity index (χ0) is 12.8. The van der Waals surface area contributed by atoms with Crippen LogP contribution in [0.3, 0.4) is 0 Å². The average molecular weight is 277 g/mol. The summed E-state index contributed by atoms with van der Waals surface area (Å²) in [7, 11) is 3.18. The first-order valence-electron chi connectivity index (χ1n) is 5.37. The standard InChI is InChI=1S/C12H17FN2O2.ClH/c1-8(14-2)7-15-12(16)9-4-5-10(13)11(6-9)17-3;/h4-6,8,14H,7H2,1-3H3,(H,15,16);1H. The second-order valence-corrected chi connectivity index (χ2v) is 3.75. The highest BCUT2D eigenvalue weighted by molar-refractivity contribution is 5.94. The molecule has 4 nitrogen and oxygen atoms in total. The van der Waals surface area contributed by atoms with Gasteiger partial charge >= 0.3 is 0 Å². The molecule has 0 aromatic heterocycles. The van der Waals surface area contributed by atoms with Gasteiger partial charge in [0.25, 0.3) is 5.91 Å². The minimum absolute atomic E-state index is 0. The lowest BCUT2D eigenvalue weighted by molar-refractivity contribution is 0.0950. The maximum Gasteiger partial charge on any atom is 0.251 e. The van der Waals surface area contributed by atoms with Crippen LogP contribution in [0.1, 0.15) is 17.3 Å². The van der Waals surface area contributed by atoms with Gasteiger partial charge in [0.1, 0.15) is 0 Å². The van der Waals surface area contributed by atoms with Crippen LogP contribution in [-0.4, -0.2) is 32.7 Å². The third-order valence-corrected chi connectivity index (χ3v) is 2.47. The number of methoxy groups -OCH3 is 1. The molecule has 0 heterocycles. The maximum atomic E-state index is 13.1. The average Bonchev–Trinajstić information content (AvgIpc) is 2.35. The van der Waals surface area contributed by atoms with Gasteiger partial charge in [-0.15, -0.1) is 12.4 Å². The predicted molar refractivity (Wildman–Crippen MR) is 71.1 cm³/mol. The van der Waals surface area contributed by atoms with Crippen molar-refractivity contribution < 1.29 is 13.9 Å². The predicted octanol–water partition coefficient (Wildman–Crippen LogP) is 1.59. The Hall–Kier alpha value is -1.33. The van der Waals surface area contributed by atoms with Crippen molar-refractivity contribution >= 4 is 18.3 Å². The van der Waals surface area contributed by atoms with Gasteiger partial charge < -0.3 is 15.4 Å². The number of carbonyl (C=O) groups excluding carboxylic acids is 1. The number of likely N-dealkylation sites (N-methyl/N-ethyl adjacent to an activating group) is 1. The van der Waals surface area contributed by atoms with E-state index in [1.807, 2.05) is 14.0 Å². The summed E-state index contributed by atoms with van der Waals surface area (Å²) in [4.78, 5) is 11.7. The molecule has 6 heteroatoms. The van der Waals surface area contributed by atoms with E-state index in [9.17, 15) is 9.18 Å². The number of rotatable bonds is 5. The van der Waals surface area contributed by atoms with Crippen molar-refractivity contribution in [3.05, 3.63) is 29.6 Å². The highest BCUT2D eigenvalue weighted by Gasteiger charge is 2.10. The third kappa shape index (κ3) is 4.50. The summed E-state index contributed by atoms with van der Waals surface area (Å²) in [5.74, 6) is -0.655. The molecule has 1 rings (SSSR count). The van der Waals surface area contributed by atoms with Crippen molar-refractivity contribution in [2.75, 3.05) is 20.7 Å². The summed E-state index contributed by atoms with van der Waals surface area (Å²) in [6, 6.07) is 4.21. The molecule has 0 saturated heterocycles. The van der Waals surface area contributed by atoms with E-state index in [1.165, 1.54) is 25.3 Å². The molecule has 1 atom stereocenters. The number of carbonyl (C=O) groups is 1. The molecule has 0 bridgehead atoms. The van der Waals surface area contributed by atoms with Crippen molar-refractivity contribution in [3.8, 4) is 5.75 Å². The summed E-state index contributed by atoms with van der Waals surface area (Å²) >= 11 is 0. The van der Waals surface area contributed by atoms with Gasteiger partial charge in [0.2, 0.25) is 0 Å². The first-order valence-corrected chi connectivity index (χ1v) is 5.37. The summed E-state index contributed by atoms with van der Waals surface area (Å²) in [6.45, 7) is 2.46. The molecular weight excluding hydrogens is 259 g/mol. The van der Waals surface area contributed by atoms with Crippen molar-refractivity contribution in [1.29, 1.82) is 0 Å². The number of hydrogen-bond donors (Lipinski definition) is 2. The van der Waals surface area contributed by atoms with Crippen LogP contribution < -0.4 is 15.4 Å². The number of hydrogen-bond acceptors (Lipinski definition) is 3. The summed E-state index contributed by atoms with van der Waals surface area (Å²) in [5, 5.41) is 5.74. The fourth-order valence-electron chi connectivity index (χ4n) is 1.25. The quantitative estimate of drug-likeness (QED) is 0.859. The third-order valence-electron chi connectivity index (χ3n) is 2.47. The Morgan fingerprint density at radius 3 is 2.72 bits per heavy atom. The number of benzene rings is 1. The van der Waals surface area contributed by atoms with Crippen molar-refractivity contribution in [2.24, 2.45) is 0 Å². The van der Waals surface area contributed by atoms with Gasteiger partial charge in [-0.2, -0.15) is 0 Å². The van der Waals surface area contributed by atoms with E-state index in [4.69, 9.17) is 4.74 Å². The molecule has 0 aliphatic heterocycles. The Balaban J connectivity index is 0.00000289. The van der Waals surface area contributed by atoms with E-state index in [0.717, 1.165) is 0 Å². The van der Waals surface area contributed by atoms with Crippen LogP contribution in [0.15, 0.2) is 18.2 Å². The van der Waals surface area contributed by atoms with E-state index in [1.54, 1.807) is 0 Å². The molecule has 0 saturated carbocycles. The lowest BCUT2D eigenvalue weighted by Crippen LogP contribution is -2.37. The molecule has 0 aliphatic carbocycles. The number of ether oxygens (including phenoxy) is 1. The Morgan fingerprint density at radius 1 is 1.50 bits per heavy atom. The van der Waals surface area contributed by atoms with Gasteiger partial charge in [0.15, 0.2) is 11.6 Å². The largest absolute Gasteiger partial charge is 0.494 e. The first-order chi connectivity index (χ1) is 8.08. The molecule has 0 aliphatic rings. The van der Waals surface area contributed by atoms with Gasteiger partial charge in [-0.1, -0.05) is 0 Å². The summed E-state index contributed by atoms with van der Waals surface area (Å²) < 4.78 is 18.0. The van der Waals surface area contributed by atoms with E-state index in [0.29, 0.717) is 12.1 Å². The number of amides is 1. The van der Waals surface area contributed by atoms with Crippen LogP contribution in [-0.2, 0) is 0 Å². The van der Waals surface area contributed by atoms with Crippen LogP contribution in [0, 0.1) is 5.82 Å². The topological polar surface area (TPSA) is 50.4 Å². The molecular formula is C12H18ClFN2O2. The minimum atomic E-state index is -0.479. The van der Waals surface area contributed by atoms with Crippen molar-refractivity contribution in [3.63, 3.8) is 0 Å². The molecule has 1 amide bonds. The summed E-state index contributed by atoms with van der Waals surface area (Å²) in [5.41, 5.74) is 0.381.